The number of thioether (sulfide) groups is 1. The van der Waals surface area contributed by atoms with Crippen molar-refractivity contribution in [2.24, 2.45) is 0 Å². The first-order chi connectivity index (χ1) is 14.6. The minimum absolute atomic E-state index is 0.122. The summed E-state index contributed by atoms with van der Waals surface area (Å²) in [6.45, 7) is 4.20. The first-order valence-corrected chi connectivity index (χ1v) is 11.8. The molecule has 0 bridgehead atoms. The van der Waals surface area contributed by atoms with Gasteiger partial charge in [0.15, 0.2) is 0 Å². The van der Waals surface area contributed by atoms with Gasteiger partial charge in [-0.3, -0.25) is 4.79 Å². The van der Waals surface area contributed by atoms with Crippen molar-refractivity contribution in [2.45, 2.75) is 31.3 Å². The Morgan fingerprint density at radius 2 is 1.97 bits per heavy atom. The minimum Gasteiger partial charge on any atom is -0.308 e. The third-order valence-electron chi connectivity index (χ3n) is 5.51. The van der Waals surface area contributed by atoms with E-state index in [4.69, 9.17) is 0 Å². The molecule has 150 valence electrons. The molecule has 3 heterocycles. The normalized spacial score (nSPS) is 15.5. The second-order valence-electron chi connectivity index (χ2n) is 7.61. The van der Waals surface area contributed by atoms with Crippen molar-refractivity contribution >= 4 is 44.9 Å². The van der Waals surface area contributed by atoms with Crippen molar-refractivity contribution < 1.29 is 4.79 Å². The highest BCUT2D eigenvalue weighted by Gasteiger charge is 2.30. The predicted octanol–water partition coefficient (Wildman–Crippen LogP) is 5.74. The molecule has 1 amide bonds. The molecule has 2 aromatic heterocycles. The van der Waals surface area contributed by atoms with Gasteiger partial charge in [0.25, 0.3) is 0 Å². The van der Waals surface area contributed by atoms with Gasteiger partial charge in [0, 0.05) is 22.7 Å². The molecule has 0 fully saturated rings. The Labute approximate surface area is 184 Å². The molecule has 1 unspecified atom stereocenters. The number of hydrogen-bond acceptors (Lipinski definition) is 5. The maximum absolute atomic E-state index is 13.1. The Balaban J connectivity index is 1.43. The fraction of sp³-hybridized carbons (Fsp3) is 0.208. The van der Waals surface area contributed by atoms with Crippen LogP contribution in [0.3, 0.4) is 0 Å². The predicted molar refractivity (Wildman–Crippen MR) is 125 cm³/mol. The molecule has 0 saturated carbocycles. The fourth-order valence-corrected chi connectivity index (χ4v) is 5.90. The molecular weight excluding hydrogens is 410 g/mol. The molecular formula is C24H21N3OS2. The third-order valence-corrected chi connectivity index (χ3v) is 7.37. The molecule has 0 N–H and O–H groups in total. The molecule has 0 aliphatic carbocycles. The number of fused-ring (bicyclic) bond motifs is 2. The fourth-order valence-electron chi connectivity index (χ4n) is 4.05. The number of carbonyl (C=O) groups is 1. The molecule has 0 spiro atoms. The lowest BCUT2D eigenvalue weighted by molar-refractivity contribution is -0.116. The van der Waals surface area contributed by atoms with Crippen LogP contribution in [0.5, 0.6) is 0 Å². The van der Waals surface area contributed by atoms with Gasteiger partial charge in [0.1, 0.15) is 16.2 Å². The number of anilines is 1. The summed E-state index contributed by atoms with van der Waals surface area (Å²) in [4.78, 5) is 25.0. The van der Waals surface area contributed by atoms with Crippen LogP contribution >= 0.6 is 23.1 Å². The number of carbonyl (C=O) groups excluding carboxylic acids is 1. The smallest absolute Gasteiger partial charge is 0.237 e. The monoisotopic (exact) mass is 431 g/mol. The highest BCUT2D eigenvalue weighted by Crippen LogP contribution is 2.38. The van der Waals surface area contributed by atoms with E-state index in [-0.39, 0.29) is 11.9 Å². The quantitative estimate of drug-likeness (QED) is 0.305. The van der Waals surface area contributed by atoms with Crippen LogP contribution in [0.2, 0.25) is 0 Å². The summed E-state index contributed by atoms with van der Waals surface area (Å²) in [6, 6.07) is 16.9. The van der Waals surface area contributed by atoms with Gasteiger partial charge in [-0.1, -0.05) is 59.8 Å². The summed E-state index contributed by atoms with van der Waals surface area (Å²) in [6.07, 6.45) is 2.50. The third kappa shape index (κ3) is 3.40. The van der Waals surface area contributed by atoms with Crippen LogP contribution in [-0.4, -0.2) is 27.7 Å². The van der Waals surface area contributed by atoms with E-state index in [1.54, 1.807) is 17.7 Å². The largest absolute Gasteiger partial charge is 0.308 e. The number of aromatic nitrogens is 2. The Morgan fingerprint density at radius 3 is 2.80 bits per heavy atom. The van der Waals surface area contributed by atoms with Crippen molar-refractivity contribution in [1.29, 1.82) is 0 Å². The summed E-state index contributed by atoms with van der Waals surface area (Å²) in [5.41, 5.74) is 5.80. The second-order valence-corrected chi connectivity index (χ2v) is 9.43. The van der Waals surface area contributed by atoms with Crippen LogP contribution < -0.4 is 4.90 Å². The number of thiophene rings is 1. The zero-order valence-corrected chi connectivity index (χ0v) is 18.5. The van der Waals surface area contributed by atoms with E-state index >= 15 is 0 Å². The van der Waals surface area contributed by atoms with Crippen LogP contribution in [0.15, 0.2) is 65.3 Å². The Morgan fingerprint density at radius 1 is 1.17 bits per heavy atom. The van der Waals surface area contributed by atoms with Gasteiger partial charge in [-0.15, -0.1) is 11.3 Å². The molecule has 4 aromatic rings. The first kappa shape index (κ1) is 19.3. The molecule has 1 atom stereocenters. The zero-order valence-electron chi connectivity index (χ0n) is 16.8. The van der Waals surface area contributed by atoms with Crippen LogP contribution in [0, 0.1) is 6.92 Å². The van der Waals surface area contributed by atoms with Gasteiger partial charge < -0.3 is 4.90 Å². The molecule has 1 aliphatic heterocycles. The standard InChI is InChI=1S/C24H21N3OS2/c1-15-7-9-17(10-8-15)19-12-29-23-22(19)24(26-14-25-23)30-13-21(28)27-16(2)11-18-5-3-4-6-20(18)27/h3-10,12,14,16H,11,13H2,1-2H3. The molecule has 6 heteroatoms. The first-order valence-electron chi connectivity index (χ1n) is 9.94. The van der Waals surface area contributed by atoms with Crippen LogP contribution in [0.25, 0.3) is 21.3 Å². The average molecular weight is 432 g/mol. The summed E-state index contributed by atoms with van der Waals surface area (Å²) in [5.74, 6) is 0.477. The Bertz CT molecular complexity index is 1230. The van der Waals surface area contributed by atoms with E-state index < -0.39 is 0 Å². The van der Waals surface area contributed by atoms with Crippen LogP contribution in [0.1, 0.15) is 18.1 Å². The van der Waals surface area contributed by atoms with Crippen molar-refractivity contribution in [1.82, 2.24) is 9.97 Å². The molecule has 0 radical (unpaired) electrons. The van der Waals surface area contributed by atoms with Crippen molar-refractivity contribution in [2.75, 3.05) is 10.7 Å². The van der Waals surface area contributed by atoms with E-state index in [0.717, 1.165) is 38.5 Å². The Kier molecular flexibility index (Phi) is 5.05. The number of amides is 1. The summed E-state index contributed by atoms with van der Waals surface area (Å²) >= 11 is 3.12. The van der Waals surface area contributed by atoms with Gasteiger partial charge >= 0.3 is 0 Å². The number of rotatable bonds is 4. The Hall–Kier alpha value is -2.70. The summed E-state index contributed by atoms with van der Waals surface area (Å²) in [5, 5.41) is 4.04. The lowest BCUT2D eigenvalue weighted by Gasteiger charge is -2.22. The molecule has 4 nitrogen and oxygen atoms in total. The number of aryl methyl sites for hydroxylation is 1. The molecule has 1 aliphatic rings. The van der Waals surface area contributed by atoms with Crippen LogP contribution in [-0.2, 0) is 11.2 Å². The number of hydrogen-bond donors (Lipinski definition) is 0. The van der Waals surface area contributed by atoms with Gasteiger partial charge in [-0.25, -0.2) is 9.97 Å². The van der Waals surface area contributed by atoms with Crippen LogP contribution in [0.4, 0.5) is 5.69 Å². The van der Waals surface area contributed by atoms with Gasteiger partial charge in [-0.05, 0) is 37.5 Å². The van der Waals surface area contributed by atoms with Gasteiger partial charge in [0.2, 0.25) is 5.91 Å². The average Bonchev–Trinajstić information content (AvgIpc) is 3.33. The van der Waals surface area contributed by atoms with Gasteiger partial charge in [0.05, 0.1) is 11.1 Å². The summed E-state index contributed by atoms with van der Waals surface area (Å²) < 4.78 is 0. The number of para-hydroxylation sites is 1. The van der Waals surface area contributed by atoms with Crippen molar-refractivity contribution in [3.63, 3.8) is 0 Å². The van der Waals surface area contributed by atoms with E-state index in [2.05, 4.69) is 59.5 Å². The molecule has 0 saturated heterocycles. The number of nitrogens with zero attached hydrogens (tertiary/aromatic N) is 3. The van der Waals surface area contributed by atoms with E-state index in [9.17, 15) is 4.79 Å². The van der Waals surface area contributed by atoms with Crippen molar-refractivity contribution in [3.05, 3.63) is 71.4 Å². The maximum atomic E-state index is 13.1. The molecule has 5 rings (SSSR count). The van der Waals surface area contributed by atoms with E-state index in [0.29, 0.717) is 5.75 Å². The zero-order chi connectivity index (χ0) is 20.7. The highest BCUT2D eigenvalue weighted by atomic mass is 32.2. The highest BCUT2D eigenvalue weighted by molar-refractivity contribution is 8.00. The molecule has 2 aromatic carbocycles. The topological polar surface area (TPSA) is 46.1 Å². The summed E-state index contributed by atoms with van der Waals surface area (Å²) in [7, 11) is 0. The molecule has 30 heavy (non-hydrogen) atoms. The van der Waals surface area contributed by atoms with Gasteiger partial charge in [-0.2, -0.15) is 0 Å². The van der Waals surface area contributed by atoms with E-state index in [1.165, 1.54) is 22.9 Å². The maximum Gasteiger partial charge on any atom is 0.237 e. The second kappa shape index (κ2) is 7.85. The SMILES string of the molecule is Cc1ccc(-c2csc3ncnc(SCC(=O)N4c5ccccc5CC4C)c23)cc1. The lowest BCUT2D eigenvalue weighted by atomic mass is 10.1. The van der Waals surface area contributed by atoms with Crippen molar-refractivity contribution in [3.8, 4) is 11.1 Å². The lowest BCUT2D eigenvalue weighted by Crippen LogP contribution is -2.36. The van der Waals surface area contributed by atoms with E-state index in [1.807, 2.05) is 23.1 Å². The minimum atomic E-state index is 0.122. The number of benzene rings is 2.